The molecule has 25 heavy (non-hydrogen) atoms. The predicted molar refractivity (Wildman–Crippen MR) is 102 cm³/mol. The Morgan fingerprint density at radius 3 is 2.04 bits per heavy atom. The van der Waals surface area contributed by atoms with Gasteiger partial charge in [-0.1, -0.05) is 52.9 Å². The second-order valence-corrected chi connectivity index (χ2v) is 6.71. The lowest BCUT2D eigenvalue weighted by atomic mass is 10.1. The normalized spacial score (nSPS) is 14.3. The quantitative estimate of drug-likeness (QED) is 0.191. The molecule has 146 valence electrons. The van der Waals surface area contributed by atoms with Crippen LogP contribution in [0.15, 0.2) is 0 Å². The molecule has 0 saturated carbocycles. The number of carbonyl (C=O) groups is 1. The molecule has 0 saturated heterocycles. The van der Waals surface area contributed by atoms with Gasteiger partial charge in [-0.15, -0.1) is 0 Å². The Balaban J connectivity index is 4.09. The van der Waals surface area contributed by atoms with Gasteiger partial charge in [-0.3, -0.25) is 4.79 Å². The van der Waals surface area contributed by atoms with Crippen molar-refractivity contribution in [1.29, 1.82) is 0 Å². The van der Waals surface area contributed by atoms with Crippen LogP contribution in [0, 0.1) is 23.7 Å². The number of rotatable bonds is 14. The number of hydrogen-bond acceptors (Lipinski definition) is 4. The third kappa shape index (κ3) is 15.0. The lowest BCUT2D eigenvalue weighted by molar-refractivity contribution is -0.143. The van der Waals surface area contributed by atoms with Gasteiger partial charge in [0.25, 0.3) is 0 Å². The molecule has 0 spiro atoms. The minimum atomic E-state index is -0.428. The largest absolute Gasteiger partial charge is 0.466 e. The summed E-state index contributed by atoms with van der Waals surface area (Å²) in [4.78, 5) is 11.2. The van der Waals surface area contributed by atoms with Gasteiger partial charge >= 0.3 is 5.97 Å². The Bertz CT molecular complexity index is 369. The van der Waals surface area contributed by atoms with Gasteiger partial charge in [0.15, 0.2) is 0 Å². The molecular formula is C21H38O4. The van der Waals surface area contributed by atoms with Gasteiger partial charge in [0.1, 0.15) is 0 Å². The molecule has 0 radical (unpaired) electrons. The first-order valence-corrected chi connectivity index (χ1v) is 9.90. The fraction of sp³-hybridized carbons (Fsp3) is 0.857. The zero-order valence-corrected chi connectivity index (χ0v) is 16.9. The predicted octanol–water partition coefficient (Wildman–Crippen LogP) is 4.95. The van der Waals surface area contributed by atoms with E-state index >= 15 is 0 Å². The first-order valence-electron chi connectivity index (χ1n) is 9.90. The monoisotopic (exact) mass is 354 g/mol. The molecule has 0 aromatic rings. The second-order valence-electron chi connectivity index (χ2n) is 6.71. The Kier molecular flexibility index (Phi) is 15.7. The average Bonchev–Trinajstić information content (AvgIpc) is 2.61. The third-order valence-electron chi connectivity index (χ3n) is 4.17. The molecule has 0 aromatic carbocycles. The van der Waals surface area contributed by atoms with Crippen molar-refractivity contribution in [2.45, 2.75) is 85.9 Å². The van der Waals surface area contributed by atoms with Crippen molar-refractivity contribution in [2.75, 3.05) is 19.8 Å². The highest BCUT2D eigenvalue weighted by molar-refractivity contribution is 5.69. The lowest BCUT2D eigenvalue weighted by Gasteiger charge is -2.18. The van der Waals surface area contributed by atoms with Gasteiger partial charge in [-0.25, -0.2) is 0 Å². The van der Waals surface area contributed by atoms with E-state index in [0.717, 1.165) is 38.5 Å². The Hall–Kier alpha value is -1.05. The first-order chi connectivity index (χ1) is 12.0. The summed E-state index contributed by atoms with van der Waals surface area (Å²) in [5, 5.41) is 0. The van der Waals surface area contributed by atoms with Gasteiger partial charge in [-0.2, -0.15) is 0 Å². The summed E-state index contributed by atoms with van der Waals surface area (Å²) < 4.78 is 16.5. The topological polar surface area (TPSA) is 44.8 Å². The van der Waals surface area contributed by atoms with E-state index in [1.165, 1.54) is 0 Å². The summed E-state index contributed by atoms with van der Waals surface area (Å²) in [6.07, 6.45) is 5.88. The molecule has 4 nitrogen and oxygen atoms in total. The summed E-state index contributed by atoms with van der Waals surface area (Å²) in [6, 6.07) is 0. The van der Waals surface area contributed by atoms with E-state index < -0.39 is 6.29 Å². The van der Waals surface area contributed by atoms with E-state index in [1.54, 1.807) is 0 Å². The summed E-state index contributed by atoms with van der Waals surface area (Å²) in [5.41, 5.74) is 0. The molecule has 0 aromatic heterocycles. The minimum Gasteiger partial charge on any atom is -0.466 e. The molecule has 0 fully saturated rings. The van der Waals surface area contributed by atoms with Gasteiger partial charge < -0.3 is 14.2 Å². The SMILES string of the molecule is CCOC(=O)CCCCCC#CC(OCC(C)CC)OCC(C)CC. The van der Waals surface area contributed by atoms with Crippen molar-refractivity contribution in [1.82, 2.24) is 0 Å². The van der Waals surface area contributed by atoms with Crippen molar-refractivity contribution in [3.05, 3.63) is 0 Å². The van der Waals surface area contributed by atoms with Crippen LogP contribution in [0.3, 0.4) is 0 Å². The highest BCUT2D eigenvalue weighted by Crippen LogP contribution is 2.08. The highest BCUT2D eigenvalue weighted by atomic mass is 16.7. The van der Waals surface area contributed by atoms with Crippen molar-refractivity contribution in [3.8, 4) is 11.8 Å². The Morgan fingerprint density at radius 2 is 1.52 bits per heavy atom. The average molecular weight is 355 g/mol. The fourth-order valence-corrected chi connectivity index (χ4v) is 1.92. The molecule has 2 atom stereocenters. The molecule has 4 heteroatoms. The number of hydrogen-bond donors (Lipinski definition) is 0. The van der Waals surface area contributed by atoms with Crippen molar-refractivity contribution in [3.63, 3.8) is 0 Å². The molecule has 0 rings (SSSR count). The molecule has 0 amide bonds. The molecule has 0 N–H and O–H groups in total. The van der Waals surface area contributed by atoms with Crippen LogP contribution in [0.4, 0.5) is 0 Å². The number of esters is 1. The van der Waals surface area contributed by atoms with Crippen molar-refractivity contribution < 1.29 is 19.0 Å². The molecular weight excluding hydrogens is 316 g/mol. The second kappa shape index (κ2) is 16.4. The van der Waals surface area contributed by atoms with Crippen LogP contribution < -0.4 is 0 Å². The van der Waals surface area contributed by atoms with Crippen molar-refractivity contribution >= 4 is 5.97 Å². The van der Waals surface area contributed by atoms with E-state index in [4.69, 9.17) is 14.2 Å². The number of carbonyl (C=O) groups excluding carboxylic acids is 1. The number of ether oxygens (including phenoxy) is 3. The molecule has 0 aliphatic heterocycles. The molecule has 0 aliphatic carbocycles. The van der Waals surface area contributed by atoms with Gasteiger partial charge in [0.2, 0.25) is 6.29 Å². The summed E-state index contributed by atoms with van der Waals surface area (Å²) in [5.74, 6) is 7.20. The summed E-state index contributed by atoms with van der Waals surface area (Å²) in [6.45, 7) is 12.3. The minimum absolute atomic E-state index is 0.106. The highest BCUT2D eigenvalue weighted by Gasteiger charge is 2.10. The standard InChI is InChI=1S/C21H38O4/c1-6-18(4)16-24-21(25-17-19(5)7-2)15-13-11-9-10-12-14-20(22)23-8-3/h18-19,21H,6-12,14,16-17H2,1-5H3. The van der Waals surface area contributed by atoms with Crippen LogP contribution in [0.2, 0.25) is 0 Å². The smallest absolute Gasteiger partial charge is 0.305 e. The molecule has 0 bridgehead atoms. The summed E-state index contributed by atoms with van der Waals surface area (Å²) in [7, 11) is 0. The third-order valence-corrected chi connectivity index (χ3v) is 4.17. The van der Waals surface area contributed by atoms with Crippen molar-refractivity contribution in [2.24, 2.45) is 11.8 Å². The van der Waals surface area contributed by atoms with E-state index in [2.05, 4.69) is 39.5 Å². The molecule has 0 heterocycles. The lowest BCUT2D eigenvalue weighted by Crippen LogP contribution is -2.21. The maximum absolute atomic E-state index is 11.2. The first kappa shape index (κ1) is 23.9. The van der Waals surface area contributed by atoms with Crippen LogP contribution in [0.1, 0.15) is 79.6 Å². The molecule has 2 unspecified atom stereocenters. The van der Waals surface area contributed by atoms with Gasteiger partial charge in [-0.05, 0) is 37.5 Å². The van der Waals surface area contributed by atoms with Crippen LogP contribution in [-0.2, 0) is 19.0 Å². The zero-order chi connectivity index (χ0) is 18.9. The van der Waals surface area contributed by atoms with Gasteiger partial charge in [0.05, 0.1) is 19.8 Å². The van der Waals surface area contributed by atoms with Crippen LogP contribution in [-0.4, -0.2) is 32.1 Å². The van der Waals surface area contributed by atoms with Crippen LogP contribution >= 0.6 is 0 Å². The maximum Gasteiger partial charge on any atom is 0.305 e. The zero-order valence-electron chi connectivity index (χ0n) is 16.9. The van der Waals surface area contributed by atoms with Gasteiger partial charge in [0, 0.05) is 12.8 Å². The Morgan fingerprint density at radius 1 is 0.920 bits per heavy atom. The van der Waals surface area contributed by atoms with E-state index in [-0.39, 0.29) is 5.97 Å². The fourth-order valence-electron chi connectivity index (χ4n) is 1.92. The van der Waals surface area contributed by atoms with E-state index in [0.29, 0.717) is 38.1 Å². The van der Waals surface area contributed by atoms with E-state index in [1.807, 2.05) is 6.92 Å². The van der Waals surface area contributed by atoms with Crippen LogP contribution in [0.25, 0.3) is 0 Å². The van der Waals surface area contributed by atoms with Crippen LogP contribution in [0.5, 0.6) is 0 Å². The Labute approximate surface area is 155 Å². The van der Waals surface area contributed by atoms with E-state index in [9.17, 15) is 4.79 Å². The maximum atomic E-state index is 11.2. The number of unbranched alkanes of at least 4 members (excludes halogenated alkanes) is 3. The molecule has 0 aliphatic rings. The summed E-state index contributed by atoms with van der Waals surface area (Å²) >= 11 is 0.